The maximum absolute atomic E-state index is 13.2. The highest BCUT2D eigenvalue weighted by Crippen LogP contribution is 2.20. The Bertz CT molecular complexity index is 467. The fraction of sp³-hybridized carbons (Fsp3) is 0.538. The van der Waals surface area contributed by atoms with Crippen LogP contribution >= 0.6 is 0 Å². The molecule has 0 radical (unpaired) electrons. The molecule has 6 heteroatoms. The zero-order chi connectivity index (χ0) is 13.8. The molecule has 2 unspecified atom stereocenters. The van der Waals surface area contributed by atoms with Crippen LogP contribution in [-0.4, -0.2) is 23.7 Å². The number of hydrogen-bond acceptors (Lipinski definition) is 4. The number of nitro groups is 1. The second kappa shape index (κ2) is 6.08. The number of nitrogens with zero attached hydrogens (tertiary/aromatic N) is 1. The zero-order valence-electron chi connectivity index (χ0n) is 10.8. The Kier molecular flexibility index (Phi) is 4.44. The average molecular weight is 268 g/mol. The van der Waals surface area contributed by atoms with Crippen LogP contribution in [0.5, 0.6) is 0 Å². The van der Waals surface area contributed by atoms with Crippen LogP contribution in [-0.2, 0) is 11.3 Å². The topological polar surface area (TPSA) is 64.4 Å². The van der Waals surface area contributed by atoms with E-state index < -0.39 is 10.7 Å². The lowest BCUT2D eigenvalue weighted by Crippen LogP contribution is -2.37. The van der Waals surface area contributed by atoms with Gasteiger partial charge in [-0.1, -0.05) is 0 Å². The maximum Gasteiger partial charge on any atom is 0.274 e. The Morgan fingerprint density at radius 3 is 3.05 bits per heavy atom. The van der Waals surface area contributed by atoms with Crippen molar-refractivity contribution < 1.29 is 14.1 Å². The zero-order valence-corrected chi connectivity index (χ0v) is 10.8. The van der Waals surface area contributed by atoms with Crippen molar-refractivity contribution >= 4 is 5.69 Å². The third kappa shape index (κ3) is 3.71. The van der Waals surface area contributed by atoms with Gasteiger partial charge in [-0.15, -0.1) is 0 Å². The van der Waals surface area contributed by atoms with E-state index in [0.717, 1.165) is 18.9 Å². The van der Waals surface area contributed by atoms with E-state index in [-0.39, 0.29) is 17.8 Å². The third-order valence-electron chi connectivity index (χ3n) is 3.30. The summed E-state index contributed by atoms with van der Waals surface area (Å²) >= 11 is 0. The highest BCUT2D eigenvalue weighted by Gasteiger charge is 2.20. The van der Waals surface area contributed by atoms with Gasteiger partial charge in [-0.3, -0.25) is 10.1 Å². The standard InChI is InChI=1S/C13H17FN2O3/c1-9-6-12(4-5-19-9)15-8-10-7-11(14)2-3-13(10)16(17)18/h2-3,7,9,12,15H,4-6,8H2,1H3. The molecule has 1 aliphatic rings. The van der Waals surface area contributed by atoms with Gasteiger partial charge in [0, 0.05) is 30.8 Å². The molecule has 0 amide bonds. The number of rotatable bonds is 4. The first-order valence-corrected chi connectivity index (χ1v) is 6.34. The minimum atomic E-state index is -0.483. The fourth-order valence-corrected chi connectivity index (χ4v) is 2.31. The molecule has 1 heterocycles. The number of ether oxygens (including phenoxy) is 1. The van der Waals surface area contributed by atoms with Crippen molar-refractivity contribution in [2.45, 2.75) is 38.5 Å². The molecular weight excluding hydrogens is 251 g/mol. The molecule has 0 aliphatic carbocycles. The van der Waals surface area contributed by atoms with Crippen molar-refractivity contribution in [3.05, 3.63) is 39.7 Å². The van der Waals surface area contributed by atoms with Crippen molar-refractivity contribution in [1.29, 1.82) is 0 Å². The van der Waals surface area contributed by atoms with Crippen molar-refractivity contribution in [3.8, 4) is 0 Å². The molecule has 1 aliphatic heterocycles. The first-order valence-electron chi connectivity index (χ1n) is 6.34. The lowest BCUT2D eigenvalue weighted by molar-refractivity contribution is -0.385. The largest absolute Gasteiger partial charge is 0.378 e. The highest BCUT2D eigenvalue weighted by atomic mass is 19.1. The van der Waals surface area contributed by atoms with E-state index >= 15 is 0 Å². The van der Waals surface area contributed by atoms with Crippen LogP contribution in [0.2, 0.25) is 0 Å². The lowest BCUT2D eigenvalue weighted by Gasteiger charge is -2.28. The fourth-order valence-electron chi connectivity index (χ4n) is 2.31. The van der Waals surface area contributed by atoms with Gasteiger partial charge in [-0.25, -0.2) is 4.39 Å². The van der Waals surface area contributed by atoms with Crippen LogP contribution in [0.3, 0.4) is 0 Å². The number of nitro benzene ring substituents is 1. The van der Waals surface area contributed by atoms with Crippen molar-refractivity contribution in [2.24, 2.45) is 0 Å². The van der Waals surface area contributed by atoms with Gasteiger partial charge >= 0.3 is 0 Å². The lowest BCUT2D eigenvalue weighted by atomic mass is 10.0. The van der Waals surface area contributed by atoms with E-state index in [1.807, 2.05) is 6.92 Å². The number of benzene rings is 1. The Hall–Kier alpha value is -1.53. The molecular formula is C13H17FN2O3. The summed E-state index contributed by atoms with van der Waals surface area (Å²) in [5.41, 5.74) is 0.332. The number of halogens is 1. The van der Waals surface area contributed by atoms with Crippen LogP contribution in [0.4, 0.5) is 10.1 Å². The van der Waals surface area contributed by atoms with Crippen molar-refractivity contribution in [3.63, 3.8) is 0 Å². The first-order chi connectivity index (χ1) is 9.06. The van der Waals surface area contributed by atoms with Crippen LogP contribution in [0.1, 0.15) is 25.3 Å². The smallest absolute Gasteiger partial charge is 0.274 e. The summed E-state index contributed by atoms with van der Waals surface area (Å²) in [4.78, 5) is 10.4. The summed E-state index contributed by atoms with van der Waals surface area (Å²) in [6.07, 6.45) is 1.92. The molecule has 1 aromatic carbocycles. The molecule has 1 fully saturated rings. The number of nitrogens with one attached hydrogen (secondary N) is 1. The molecule has 5 nitrogen and oxygen atoms in total. The second-order valence-corrected chi connectivity index (χ2v) is 4.81. The van der Waals surface area contributed by atoms with Gasteiger partial charge in [-0.05, 0) is 31.9 Å². The first kappa shape index (κ1) is 13.9. The van der Waals surface area contributed by atoms with Gasteiger partial charge in [0.05, 0.1) is 11.0 Å². The van der Waals surface area contributed by atoms with Crippen LogP contribution < -0.4 is 5.32 Å². The Morgan fingerprint density at radius 1 is 1.58 bits per heavy atom. The summed E-state index contributed by atoms with van der Waals surface area (Å²) in [5.74, 6) is -0.456. The SMILES string of the molecule is CC1CC(NCc2cc(F)ccc2[N+](=O)[O-])CCO1. The predicted octanol–water partition coefficient (Wildman–Crippen LogP) is 2.39. The quantitative estimate of drug-likeness (QED) is 0.672. The number of hydrogen-bond donors (Lipinski definition) is 1. The molecule has 19 heavy (non-hydrogen) atoms. The van der Waals surface area contributed by atoms with Crippen molar-refractivity contribution in [1.82, 2.24) is 5.32 Å². The van der Waals surface area contributed by atoms with Gasteiger partial charge < -0.3 is 10.1 Å². The summed E-state index contributed by atoms with van der Waals surface area (Å²) in [6.45, 7) is 2.98. The van der Waals surface area contributed by atoms with Gasteiger partial charge in [0.2, 0.25) is 0 Å². The molecule has 0 saturated carbocycles. The Morgan fingerprint density at radius 2 is 2.37 bits per heavy atom. The van der Waals surface area contributed by atoms with E-state index in [1.165, 1.54) is 12.1 Å². The summed E-state index contributed by atoms with van der Waals surface area (Å²) < 4.78 is 18.6. The van der Waals surface area contributed by atoms with Gasteiger partial charge in [0.25, 0.3) is 5.69 Å². The summed E-state index contributed by atoms with van der Waals surface area (Å²) in [7, 11) is 0. The molecule has 0 aromatic heterocycles. The third-order valence-corrected chi connectivity index (χ3v) is 3.30. The molecule has 104 valence electrons. The van der Waals surface area contributed by atoms with Gasteiger partial charge in [-0.2, -0.15) is 0 Å². The Balaban J connectivity index is 2.02. The average Bonchev–Trinajstić information content (AvgIpc) is 2.36. The predicted molar refractivity (Wildman–Crippen MR) is 68.3 cm³/mol. The summed E-state index contributed by atoms with van der Waals surface area (Å²) in [6, 6.07) is 3.79. The van der Waals surface area contributed by atoms with E-state index in [1.54, 1.807) is 0 Å². The van der Waals surface area contributed by atoms with Crippen LogP contribution in [0, 0.1) is 15.9 Å². The summed E-state index contributed by atoms with van der Waals surface area (Å²) in [5, 5.41) is 14.1. The van der Waals surface area contributed by atoms with E-state index in [0.29, 0.717) is 18.7 Å². The van der Waals surface area contributed by atoms with E-state index in [2.05, 4.69) is 5.32 Å². The van der Waals surface area contributed by atoms with Crippen LogP contribution in [0.25, 0.3) is 0 Å². The van der Waals surface area contributed by atoms with Crippen molar-refractivity contribution in [2.75, 3.05) is 6.61 Å². The maximum atomic E-state index is 13.2. The highest BCUT2D eigenvalue weighted by molar-refractivity contribution is 5.40. The molecule has 2 rings (SSSR count). The molecule has 0 spiro atoms. The van der Waals surface area contributed by atoms with E-state index in [4.69, 9.17) is 4.74 Å². The van der Waals surface area contributed by atoms with Crippen LogP contribution in [0.15, 0.2) is 18.2 Å². The van der Waals surface area contributed by atoms with Gasteiger partial charge in [0.1, 0.15) is 5.82 Å². The Labute approximate surface area is 110 Å². The molecule has 1 N–H and O–H groups in total. The van der Waals surface area contributed by atoms with Gasteiger partial charge in [0.15, 0.2) is 0 Å². The molecule has 1 aromatic rings. The molecule has 1 saturated heterocycles. The molecule has 2 atom stereocenters. The minimum Gasteiger partial charge on any atom is -0.378 e. The normalized spacial score (nSPS) is 23.3. The molecule has 0 bridgehead atoms. The second-order valence-electron chi connectivity index (χ2n) is 4.81. The minimum absolute atomic E-state index is 0.0472. The monoisotopic (exact) mass is 268 g/mol. The van der Waals surface area contributed by atoms with E-state index in [9.17, 15) is 14.5 Å².